The molecule has 0 aliphatic heterocycles. The van der Waals surface area contributed by atoms with E-state index in [-0.39, 0.29) is 0 Å². The van der Waals surface area contributed by atoms with Gasteiger partial charge >= 0.3 is 0 Å². The van der Waals surface area contributed by atoms with Gasteiger partial charge in [0.05, 0.1) is 35.8 Å². The van der Waals surface area contributed by atoms with Gasteiger partial charge in [0, 0.05) is 11.1 Å². The third-order valence-electron chi connectivity index (χ3n) is 2.45. The van der Waals surface area contributed by atoms with Gasteiger partial charge in [0.25, 0.3) is 0 Å². The second-order valence-electron chi connectivity index (χ2n) is 3.48. The molecule has 1 aliphatic carbocycles. The average Bonchev–Trinajstić information content (AvgIpc) is 2.64. The van der Waals surface area contributed by atoms with Gasteiger partial charge in [-0.05, 0) is 11.1 Å². The second-order valence-corrected chi connectivity index (χ2v) is 3.48. The van der Waals surface area contributed by atoms with Crippen LogP contribution in [0.5, 0.6) is 0 Å². The summed E-state index contributed by atoms with van der Waals surface area (Å²) in [7, 11) is 0. The van der Waals surface area contributed by atoms with Gasteiger partial charge in [-0.3, -0.25) is 0 Å². The number of carboxylic acid groups (broad SMARTS) is 5. The van der Waals surface area contributed by atoms with Crippen molar-refractivity contribution in [2.24, 2.45) is 5.92 Å². The molecule has 10 heteroatoms. The Morgan fingerprint density at radius 2 is 0.900 bits per heavy atom. The van der Waals surface area contributed by atoms with Crippen molar-refractivity contribution in [1.82, 2.24) is 0 Å². The topological polar surface area (TPSA) is 201 Å². The van der Waals surface area contributed by atoms with Crippen LogP contribution in [0.3, 0.4) is 0 Å². The molecular weight excluding hydrogens is 280 g/mol. The van der Waals surface area contributed by atoms with E-state index in [1.807, 2.05) is 0 Å². The highest BCUT2D eigenvalue weighted by atomic mass is 16.4. The molecule has 0 aromatic carbocycles. The molecule has 0 fully saturated rings. The maximum atomic E-state index is 10.8. The first-order valence-electron chi connectivity index (χ1n) is 4.66. The van der Waals surface area contributed by atoms with Crippen molar-refractivity contribution in [2.75, 3.05) is 0 Å². The summed E-state index contributed by atoms with van der Waals surface area (Å²) in [5.41, 5.74) is -6.58. The number of carbonyl (C=O) groups is 5. The van der Waals surface area contributed by atoms with E-state index < -0.39 is 58.1 Å². The summed E-state index contributed by atoms with van der Waals surface area (Å²) in [6, 6.07) is 0. The third kappa shape index (κ3) is 2.09. The number of hydrogen-bond acceptors (Lipinski definition) is 10. The lowest BCUT2D eigenvalue weighted by Crippen LogP contribution is -2.42. The minimum absolute atomic E-state index is 1.62. The van der Waals surface area contributed by atoms with Crippen LogP contribution in [0.1, 0.15) is 0 Å². The van der Waals surface area contributed by atoms with Crippen LogP contribution in [0.2, 0.25) is 0 Å². The Balaban J connectivity index is 3.85. The Labute approximate surface area is 108 Å². The summed E-state index contributed by atoms with van der Waals surface area (Å²) in [6.07, 6.45) is 0. The smallest absolute Gasteiger partial charge is 0.0725 e. The van der Waals surface area contributed by atoms with Crippen LogP contribution >= 0.6 is 0 Å². The number of carbonyl (C=O) groups excluding carboxylic acids is 5. The van der Waals surface area contributed by atoms with Gasteiger partial charge in [-0.25, -0.2) is 0 Å². The van der Waals surface area contributed by atoms with Crippen LogP contribution in [-0.2, 0) is 24.0 Å². The zero-order valence-corrected chi connectivity index (χ0v) is 9.16. The van der Waals surface area contributed by atoms with Crippen molar-refractivity contribution in [2.45, 2.75) is 0 Å². The Morgan fingerprint density at radius 1 is 0.600 bits per heavy atom. The van der Waals surface area contributed by atoms with E-state index in [0.717, 1.165) is 0 Å². The Hall–Kier alpha value is -3.17. The highest BCUT2D eigenvalue weighted by Gasteiger charge is 2.36. The normalized spacial score (nSPS) is 15.4. The van der Waals surface area contributed by atoms with Crippen LogP contribution in [0.4, 0.5) is 0 Å². The highest BCUT2D eigenvalue weighted by Crippen LogP contribution is 2.36. The molecule has 0 heterocycles. The number of carboxylic acids is 5. The van der Waals surface area contributed by atoms with E-state index in [9.17, 15) is 49.5 Å². The van der Waals surface area contributed by atoms with Crippen molar-refractivity contribution in [3.63, 3.8) is 0 Å². The molecule has 0 spiro atoms. The molecule has 0 radical (unpaired) electrons. The predicted octanol–water partition coefficient (Wildman–Crippen LogP) is -8.04. The van der Waals surface area contributed by atoms with E-state index in [1.54, 1.807) is 0 Å². The fraction of sp³-hybridized carbons (Fsp3) is 0.100. The van der Waals surface area contributed by atoms with Crippen molar-refractivity contribution in [3.05, 3.63) is 22.3 Å². The van der Waals surface area contributed by atoms with Crippen molar-refractivity contribution < 1.29 is 49.5 Å². The Bertz CT molecular complexity index is 572. The summed E-state index contributed by atoms with van der Waals surface area (Å²) in [6.45, 7) is 0. The lowest BCUT2D eigenvalue weighted by molar-refractivity contribution is -0.316. The molecule has 0 N–H and O–H groups in total. The first-order valence-corrected chi connectivity index (χ1v) is 4.66. The molecule has 0 unspecified atom stereocenters. The van der Waals surface area contributed by atoms with E-state index >= 15 is 0 Å². The van der Waals surface area contributed by atoms with Crippen molar-refractivity contribution in [1.29, 1.82) is 0 Å². The average molecular weight is 281 g/mol. The summed E-state index contributed by atoms with van der Waals surface area (Å²) >= 11 is 0. The zero-order chi connectivity index (χ0) is 15.8. The Morgan fingerprint density at radius 3 is 1.05 bits per heavy atom. The van der Waals surface area contributed by atoms with Crippen LogP contribution in [0.15, 0.2) is 22.3 Å². The summed E-state index contributed by atoms with van der Waals surface area (Å²) in [4.78, 5) is 53.8. The first-order chi connectivity index (χ1) is 9.11. The monoisotopic (exact) mass is 281 g/mol. The van der Waals surface area contributed by atoms with Crippen LogP contribution in [0.25, 0.3) is 0 Å². The fourth-order valence-corrected chi connectivity index (χ4v) is 1.80. The highest BCUT2D eigenvalue weighted by molar-refractivity contribution is 6.19. The van der Waals surface area contributed by atoms with E-state index in [0.29, 0.717) is 0 Å². The van der Waals surface area contributed by atoms with Gasteiger partial charge < -0.3 is 49.5 Å². The zero-order valence-electron chi connectivity index (χ0n) is 9.16. The molecule has 0 bridgehead atoms. The summed E-state index contributed by atoms with van der Waals surface area (Å²) in [5, 5.41) is 53.8. The summed E-state index contributed by atoms with van der Waals surface area (Å²) in [5.74, 6) is -14.7. The quantitative estimate of drug-likeness (QED) is 0.465. The SMILES string of the molecule is O=C([O-])C1=C(C(=O)[O-])C(C(=O)[O-])C(C(=O)[O-])=C1C(=O)[O-]. The minimum Gasteiger partial charge on any atom is -0.549 e. The lowest BCUT2D eigenvalue weighted by Gasteiger charge is -2.22. The maximum absolute atomic E-state index is 10.8. The molecule has 0 atom stereocenters. The summed E-state index contributed by atoms with van der Waals surface area (Å²) < 4.78 is 0. The van der Waals surface area contributed by atoms with Gasteiger partial charge in [0.1, 0.15) is 0 Å². The first kappa shape index (κ1) is 14.9. The largest absolute Gasteiger partial charge is 0.549 e. The van der Waals surface area contributed by atoms with Gasteiger partial charge in [-0.1, -0.05) is 0 Å². The molecule has 0 aromatic heterocycles. The van der Waals surface area contributed by atoms with E-state index in [2.05, 4.69) is 0 Å². The van der Waals surface area contributed by atoms with Crippen LogP contribution < -0.4 is 25.5 Å². The van der Waals surface area contributed by atoms with Crippen molar-refractivity contribution >= 4 is 29.8 Å². The number of rotatable bonds is 5. The van der Waals surface area contributed by atoms with Gasteiger partial charge in [0.15, 0.2) is 0 Å². The third-order valence-corrected chi connectivity index (χ3v) is 2.45. The Kier molecular flexibility index (Phi) is 3.60. The molecule has 0 aromatic rings. The molecule has 0 amide bonds. The molecule has 10 nitrogen and oxygen atoms in total. The number of hydrogen-bond donors (Lipinski definition) is 0. The van der Waals surface area contributed by atoms with Gasteiger partial charge in [-0.15, -0.1) is 0 Å². The van der Waals surface area contributed by atoms with Crippen LogP contribution in [-0.4, -0.2) is 29.8 Å². The lowest BCUT2D eigenvalue weighted by atomic mass is 9.95. The number of aliphatic carboxylic acids is 5. The van der Waals surface area contributed by atoms with E-state index in [1.165, 1.54) is 0 Å². The fourth-order valence-electron chi connectivity index (χ4n) is 1.80. The predicted molar refractivity (Wildman–Crippen MR) is 42.6 cm³/mol. The molecule has 1 aliphatic rings. The van der Waals surface area contributed by atoms with Gasteiger partial charge in [0.2, 0.25) is 0 Å². The molecule has 0 saturated heterocycles. The maximum Gasteiger partial charge on any atom is 0.0725 e. The molecular formula is C10HO10-5. The van der Waals surface area contributed by atoms with Crippen LogP contribution in [0, 0.1) is 5.92 Å². The van der Waals surface area contributed by atoms with Gasteiger partial charge in [-0.2, -0.15) is 0 Å². The molecule has 20 heavy (non-hydrogen) atoms. The second kappa shape index (κ2) is 4.84. The molecule has 0 saturated carbocycles. The minimum atomic E-state index is -2.69. The van der Waals surface area contributed by atoms with Crippen molar-refractivity contribution in [3.8, 4) is 0 Å². The van der Waals surface area contributed by atoms with E-state index in [4.69, 9.17) is 0 Å². The standard InChI is InChI=1S/C10H6O10/c11-6(12)1-2(7(13)14)4(9(17)18)5(10(19)20)3(1)8(15)16/h1H,(H,11,12)(H,13,14)(H,15,16)(H,17,18)(H,19,20)/p-5. The molecule has 1 rings (SSSR count). The molecule has 106 valence electrons.